The van der Waals surface area contributed by atoms with E-state index in [4.69, 9.17) is 0 Å². The van der Waals surface area contributed by atoms with Crippen LogP contribution in [0.1, 0.15) is 11.1 Å². The molecule has 0 saturated carbocycles. The molecule has 0 aliphatic carbocycles. The van der Waals surface area contributed by atoms with Crippen LogP contribution in [0.15, 0.2) is 41.6 Å². The van der Waals surface area contributed by atoms with Crippen LogP contribution in [0.5, 0.6) is 0 Å². The van der Waals surface area contributed by atoms with Crippen molar-refractivity contribution in [2.24, 2.45) is 0 Å². The summed E-state index contributed by atoms with van der Waals surface area (Å²) in [7, 11) is 0. The Hall–Kier alpha value is -2.57. The van der Waals surface area contributed by atoms with Gasteiger partial charge in [0, 0.05) is 0 Å². The zero-order chi connectivity index (χ0) is 16.3. The fraction of sp³-hybridized carbons (Fsp3) is 0.200. The topological polar surface area (TPSA) is 39.3 Å². The van der Waals surface area contributed by atoms with Crippen molar-refractivity contribution in [3.8, 4) is 5.69 Å². The molecular weight excluding hydrogens is 295 g/mol. The summed E-state index contributed by atoms with van der Waals surface area (Å²) >= 11 is 0. The van der Waals surface area contributed by atoms with Gasteiger partial charge in [-0.2, -0.15) is 4.39 Å². The van der Waals surface area contributed by atoms with Gasteiger partial charge in [-0.3, -0.25) is 13.8 Å². The summed E-state index contributed by atoms with van der Waals surface area (Å²) in [4.78, 5) is 15.9. The number of hydrogen-bond donors (Lipinski definition) is 0. The second-order valence-electron chi connectivity index (χ2n) is 4.63. The van der Waals surface area contributed by atoms with Crippen molar-refractivity contribution in [2.45, 2.75) is 13.8 Å². The largest absolute Gasteiger partial charge is 0.269 e. The Labute approximate surface area is 124 Å². The molecule has 4 nitrogen and oxygen atoms in total. The van der Waals surface area contributed by atoms with Gasteiger partial charge in [-0.05, 0) is 37.1 Å². The third-order valence-corrected chi connectivity index (χ3v) is 3.29. The number of fused-ring (bicyclic) bond motifs is 1. The molecule has 0 spiro atoms. The summed E-state index contributed by atoms with van der Waals surface area (Å²) in [6.07, 6.45) is 2.82. The molecule has 3 rings (SSSR count). The highest BCUT2D eigenvalue weighted by atomic mass is 19.3. The van der Waals surface area contributed by atoms with E-state index in [0.717, 1.165) is 17.2 Å². The molecule has 116 valence electrons. The average Bonchev–Trinajstić information content (AvgIpc) is 2.93. The monoisotopic (exact) mass is 309 g/mol. The lowest BCUT2D eigenvalue weighted by Crippen LogP contribution is -2.21. The molecule has 1 aromatic carbocycles. The van der Waals surface area contributed by atoms with Gasteiger partial charge in [0.25, 0.3) is 5.56 Å². The van der Waals surface area contributed by atoms with Gasteiger partial charge < -0.3 is 0 Å². The van der Waals surface area contributed by atoms with Crippen molar-refractivity contribution in [2.75, 3.05) is 6.93 Å². The first-order valence-corrected chi connectivity index (χ1v) is 6.42. The van der Waals surface area contributed by atoms with Crippen LogP contribution in [-0.4, -0.2) is 20.9 Å². The second-order valence-corrected chi connectivity index (χ2v) is 4.63. The van der Waals surface area contributed by atoms with E-state index >= 15 is 0 Å². The molecule has 0 radical (unpaired) electrons. The normalized spacial score (nSPS) is 10.4. The van der Waals surface area contributed by atoms with Gasteiger partial charge in [0.2, 0.25) is 12.9 Å². The van der Waals surface area contributed by atoms with Crippen molar-refractivity contribution < 1.29 is 13.2 Å². The van der Waals surface area contributed by atoms with Crippen molar-refractivity contribution >= 4 is 5.65 Å². The van der Waals surface area contributed by atoms with Gasteiger partial charge >= 0.3 is 0 Å². The van der Waals surface area contributed by atoms with Gasteiger partial charge in [-0.15, -0.1) is 0 Å². The minimum Gasteiger partial charge on any atom is -0.269 e. The lowest BCUT2D eigenvalue weighted by molar-refractivity contribution is 0.295. The summed E-state index contributed by atoms with van der Waals surface area (Å²) in [5, 5.41) is 0. The second kappa shape index (κ2) is 6.46. The minimum atomic E-state index is -1.75. The summed E-state index contributed by atoms with van der Waals surface area (Å²) in [5.41, 5.74) is 2.93. The lowest BCUT2D eigenvalue weighted by atomic mass is 10.1. The summed E-state index contributed by atoms with van der Waals surface area (Å²) in [6, 6.07) is 6.65. The Kier molecular flexibility index (Phi) is 4.65. The van der Waals surface area contributed by atoms with E-state index in [1.54, 1.807) is 0 Å². The molecule has 0 aliphatic heterocycles. The first-order valence-electron chi connectivity index (χ1n) is 6.42. The number of aromatic nitrogens is 3. The maximum absolute atomic E-state index is 13.6. The molecule has 0 aliphatic rings. The van der Waals surface area contributed by atoms with E-state index in [0.29, 0.717) is 11.3 Å². The SMILES string of the molecule is Cc1ccc(-n2c(=O)cc(F)n3cncc23)cc1C.FCF. The fourth-order valence-corrected chi connectivity index (χ4v) is 2.09. The highest BCUT2D eigenvalue weighted by Gasteiger charge is 2.10. The number of nitrogens with zero attached hydrogens (tertiary/aromatic N) is 3. The van der Waals surface area contributed by atoms with Crippen LogP contribution < -0.4 is 5.56 Å². The highest BCUT2D eigenvalue weighted by molar-refractivity contribution is 5.49. The quantitative estimate of drug-likeness (QED) is 0.648. The summed E-state index contributed by atoms with van der Waals surface area (Å²) in [6.45, 7) is 2.22. The first kappa shape index (κ1) is 15.8. The Balaban J connectivity index is 0.000000545. The molecule has 0 bridgehead atoms. The number of hydrogen-bond acceptors (Lipinski definition) is 2. The van der Waals surface area contributed by atoms with E-state index in [9.17, 15) is 18.0 Å². The standard InChI is InChI=1S/C14H12FN3O.CH2F2/c1-9-3-4-11(5-10(9)2)18-13-7-16-8-17(13)12(15)6-14(18)19;2-1-3/h3-8H,1-2H3;1H2. The third-order valence-electron chi connectivity index (χ3n) is 3.29. The van der Waals surface area contributed by atoms with Crippen LogP contribution >= 0.6 is 0 Å². The number of halogens is 3. The van der Waals surface area contributed by atoms with Crippen molar-refractivity contribution in [3.63, 3.8) is 0 Å². The molecule has 2 aromatic heterocycles. The van der Waals surface area contributed by atoms with E-state index in [1.165, 1.54) is 21.5 Å². The van der Waals surface area contributed by atoms with E-state index in [1.807, 2.05) is 32.0 Å². The van der Waals surface area contributed by atoms with Crippen LogP contribution in [-0.2, 0) is 0 Å². The zero-order valence-electron chi connectivity index (χ0n) is 12.1. The highest BCUT2D eigenvalue weighted by Crippen LogP contribution is 2.15. The van der Waals surface area contributed by atoms with Gasteiger partial charge in [0.05, 0.1) is 18.0 Å². The van der Waals surface area contributed by atoms with Crippen LogP contribution in [0.2, 0.25) is 0 Å². The maximum Gasteiger partial charge on any atom is 0.261 e. The summed E-state index contributed by atoms with van der Waals surface area (Å²) in [5.74, 6) is -0.613. The Bertz CT molecular complexity index is 855. The molecule has 0 unspecified atom stereocenters. The minimum absolute atomic E-state index is 0.409. The molecule has 0 N–H and O–H groups in total. The Morgan fingerprint density at radius 3 is 2.45 bits per heavy atom. The van der Waals surface area contributed by atoms with Crippen LogP contribution in [0.25, 0.3) is 11.3 Å². The molecule has 0 fully saturated rings. The number of benzene rings is 1. The van der Waals surface area contributed by atoms with Crippen LogP contribution in [0.3, 0.4) is 0 Å². The van der Waals surface area contributed by atoms with Gasteiger partial charge in [-0.25, -0.2) is 13.8 Å². The maximum atomic E-state index is 13.6. The third kappa shape index (κ3) is 2.88. The van der Waals surface area contributed by atoms with Crippen molar-refractivity contribution in [3.05, 3.63) is 64.2 Å². The lowest BCUT2D eigenvalue weighted by Gasteiger charge is -2.10. The fourth-order valence-electron chi connectivity index (χ4n) is 2.09. The van der Waals surface area contributed by atoms with Crippen molar-refractivity contribution in [1.29, 1.82) is 0 Å². The average molecular weight is 309 g/mol. The van der Waals surface area contributed by atoms with Crippen LogP contribution in [0.4, 0.5) is 13.2 Å². The van der Waals surface area contributed by atoms with Gasteiger partial charge in [0.1, 0.15) is 12.0 Å². The Morgan fingerprint density at radius 2 is 1.82 bits per heavy atom. The summed E-state index contributed by atoms with van der Waals surface area (Å²) < 4.78 is 35.6. The van der Waals surface area contributed by atoms with E-state index in [2.05, 4.69) is 4.98 Å². The van der Waals surface area contributed by atoms with E-state index in [-0.39, 0.29) is 0 Å². The van der Waals surface area contributed by atoms with E-state index < -0.39 is 18.4 Å². The molecule has 2 heterocycles. The molecule has 0 saturated heterocycles. The number of imidazole rings is 1. The molecular formula is C15H14F3N3O. The number of rotatable bonds is 1. The number of alkyl halides is 2. The van der Waals surface area contributed by atoms with Gasteiger partial charge in [-0.1, -0.05) is 6.07 Å². The molecule has 3 aromatic rings. The molecule has 0 atom stereocenters. The zero-order valence-corrected chi connectivity index (χ0v) is 12.1. The van der Waals surface area contributed by atoms with Crippen LogP contribution in [0, 0.1) is 19.8 Å². The smallest absolute Gasteiger partial charge is 0.261 e. The molecule has 22 heavy (non-hydrogen) atoms. The predicted octanol–water partition coefficient (Wildman–Crippen LogP) is 3.12. The van der Waals surface area contributed by atoms with Crippen molar-refractivity contribution in [1.82, 2.24) is 14.0 Å². The Morgan fingerprint density at radius 1 is 1.14 bits per heavy atom. The predicted molar refractivity (Wildman–Crippen MR) is 77.3 cm³/mol. The molecule has 0 amide bonds. The first-order chi connectivity index (χ1) is 10.5. The number of aryl methyl sites for hydroxylation is 2. The molecule has 7 heteroatoms. The van der Waals surface area contributed by atoms with Gasteiger partial charge in [0.15, 0.2) is 0 Å².